The van der Waals surface area contributed by atoms with E-state index in [1.54, 1.807) is 25.8 Å². The van der Waals surface area contributed by atoms with Crippen molar-refractivity contribution in [3.8, 4) is 0 Å². The quantitative estimate of drug-likeness (QED) is 0.144. The van der Waals surface area contributed by atoms with E-state index < -0.39 is 95.8 Å². The van der Waals surface area contributed by atoms with Crippen molar-refractivity contribution in [3.05, 3.63) is 41.0 Å². The second-order valence-electron chi connectivity index (χ2n) is 23.2. The summed E-state index contributed by atoms with van der Waals surface area (Å²) in [6.45, 7) is 13.4. The number of hydrogen-bond donors (Lipinski definition) is 4. The molecule has 4 heterocycles. The van der Waals surface area contributed by atoms with E-state index in [2.05, 4.69) is 49.6 Å². The van der Waals surface area contributed by atoms with E-state index in [4.69, 9.17) is 28.5 Å². The first-order valence-electron chi connectivity index (χ1n) is 24.8. The number of aliphatic hydroxyl groups is 2. The SMILES string of the molecule is C[C@H](O)[C@@H](NC(=O)[C@@]12C[C@H]3OC(=O)[C@@H]1N(Cc1ccc(C=C4CCC5O[C@]5(C)CC[C@@H]5[C@@H]4CC5(C)C)cc1)O[C@@H]2[C@H]1OC(C2CC2)(C2CC2)O[C@H]13)C(=O)N[C@H](CO)CCC(=O)OC(C)(C)C. The summed E-state index contributed by atoms with van der Waals surface area (Å²) in [4.78, 5) is 62.8. The first kappa shape index (κ1) is 46.3. The van der Waals surface area contributed by atoms with Crippen molar-refractivity contribution in [2.45, 2.75) is 204 Å². The van der Waals surface area contributed by atoms with Crippen LogP contribution in [0.15, 0.2) is 29.8 Å². The normalized spacial score (nSPS) is 38.1. The molecule has 0 radical (unpaired) electrons. The zero-order chi connectivity index (χ0) is 46.7. The third kappa shape index (κ3) is 8.33. The maximum Gasteiger partial charge on any atom is 0.327 e. The number of benzene rings is 1. The van der Waals surface area contributed by atoms with Crippen LogP contribution in [0.4, 0.5) is 0 Å². The Hall–Kier alpha value is -3.44. The Labute approximate surface area is 388 Å². The molecule has 1 unspecified atom stereocenters. The molecule has 2 bridgehead atoms. The van der Waals surface area contributed by atoms with Gasteiger partial charge in [-0.2, -0.15) is 5.06 Å². The van der Waals surface area contributed by atoms with Gasteiger partial charge in [-0.3, -0.25) is 24.0 Å². The van der Waals surface area contributed by atoms with Crippen LogP contribution in [-0.2, 0) is 54.2 Å². The van der Waals surface area contributed by atoms with Gasteiger partial charge < -0.3 is 44.5 Å². The third-order valence-corrected chi connectivity index (χ3v) is 16.7. The van der Waals surface area contributed by atoms with Gasteiger partial charge in [0, 0.05) is 24.7 Å². The van der Waals surface area contributed by atoms with Crippen LogP contribution in [0.25, 0.3) is 6.08 Å². The van der Waals surface area contributed by atoms with Crippen LogP contribution >= 0.6 is 0 Å². The summed E-state index contributed by atoms with van der Waals surface area (Å²) in [6.07, 6.45) is 7.57. The molecule has 0 aromatic heterocycles. The summed E-state index contributed by atoms with van der Waals surface area (Å²) >= 11 is 0. The first-order valence-corrected chi connectivity index (χ1v) is 24.8. The molecule has 1 aromatic carbocycles. The first-order chi connectivity index (χ1) is 31.2. The number of fused-ring (bicyclic) bond motifs is 6. The molecule has 5 aliphatic carbocycles. The molecular weight excluding hydrogens is 847 g/mol. The van der Waals surface area contributed by atoms with Gasteiger partial charge in [-0.1, -0.05) is 49.8 Å². The lowest BCUT2D eigenvalue weighted by Crippen LogP contribution is -2.71. The number of hydroxylamine groups is 2. The van der Waals surface area contributed by atoms with Gasteiger partial charge in [-0.05, 0) is 127 Å². The van der Waals surface area contributed by atoms with Crippen LogP contribution in [0, 0.1) is 34.5 Å². The maximum atomic E-state index is 15.2. The summed E-state index contributed by atoms with van der Waals surface area (Å²) in [6, 6.07) is 4.75. The highest BCUT2D eigenvalue weighted by atomic mass is 16.8. The van der Waals surface area contributed by atoms with Crippen LogP contribution in [0.3, 0.4) is 0 Å². The fraction of sp³-hybridized carbons (Fsp3) is 0.765. The molecule has 4 N–H and O–H groups in total. The number of hydrogen-bond acceptors (Lipinski definition) is 13. The molecule has 15 heteroatoms. The lowest BCUT2D eigenvalue weighted by Gasteiger charge is -2.53. The minimum Gasteiger partial charge on any atom is -0.460 e. The Balaban J connectivity index is 0.903. The Morgan fingerprint density at radius 3 is 2.29 bits per heavy atom. The third-order valence-electron chi connectivity index (χ3n) is 16.7. The molecule has 9 aliphatic rings. The number of carbonyl (C=O) groups is 4. The fourth-order valence-electron chi connectivity index (χ4n) is 12.9. The van der Waals surface area contributed by atoms with Gasteiger partial charge in [0.05, 0.1) is 37.0 Å². The number of epoxide rings is 1. The molecule has 66 heavy (non-hydrogen) atoms. The van der Waals surface area contributed by atoms with Crippen molar-refractivity contribution in [2.75, 3.05) is 6.61 Å². The van der Waals surface area contributed by atoms with Crippen LogP contribution in [-0.4, -0.2) is 117 Å². The molecule has 4 aliphatic heterocycles. The molecule has 2 amide bonds. The number of allylic oxidation sites excluding steroid dienone is 1. The van der Waals surface area contributed by atoms with Gasteiger partial charge in [0.1, 0.15) is 41.5 Å². The Kier molecular flexibility index (Phi) is 11.7. The number of nitrogens with one attached hydrogen (secondary N) is 2. The molecule has 13 atom stereocenters. The number of amides is 2. The lowest BCUT2D eigenvalue weighted by atomic mass is 9.52. The highest BCUT2D eigenvalue weighted by Gasteiger charge is 2.78. The summed E-state index contributed by atoms with van der Waals surface area (Å²) in [5.41, 5.74) is 1.52. The van der Waals surface area contributed by atoms with Gasteiger partial charge >= 0.3 is 11.9 Å². The molecular formula is C51H71N3O12. The Morgan fingerprint density at radius 1 is 0.955 bits per heavy atom. The minimum absolute atomic E-state index is 0.0197. The van der Waals surface area contributed by atoms with Crippen LogP contribution in [0.1, 0.15) is 137 Å². The minimum atomic E-state index is -1.58. The zero-order valence-corrected chi connectivity index (χ0v) is 39.7. The van der Waals surface area contributed by atoms with Crippen molar-refractivity contribution >= 4 is 29.8 Å². The van der Waals surface area contributed by atoms with Crippen LogP contribution in [0.2, 0.25) is 0 Å². The predicted molar refractivity (Wildman–Crippen MR) is 238 cm³/mol. The number of rotatable bonds is 14. The second-order valence-corrected chi connectivity index (χ2v) is 23.2. The van der Waals surface area contributed by atoms with Crippen LogP contribution in [0.5, 0.6) is 0 Å². The fourth-order valence-corrected chi connectivity index (χ4v) is 12.9. The number of ether oxygens (including phenoxy) is 5. The summed E-state index contributed by atoms with van der Waals surface area (Å²) in [5.74, 6) is -1.77. The molecule has 362 valence electrons. The lowest BCUT2D eigenvalue weighted by molar-refractivity contribution is -0.235. The molecule has 4 saturated heterocycles. The summed E-state index contributed by atoms with van der Waals surface area (Å²) in [7, 11) is 0. The number of nitrogens with zero attached hydrogens (tertiary/aromatic N) is 1. The van der Waals surface area contributed by atoms with E-state index in [9.17, 15) is 24.6 Å². The Morgan fingerprint density at radius 2 is 1.65 bits per heavy atom. The van der Waals surface area contributed by atoms with Crippen molar-refractivity contribution < 1.29 is 57.9 Å². The van der Waals surface area contributed by atoms with Gasteiger partial charge in [-0.25, -0.2) is 0 Å². The average molecular weight is 918 g/mol. The van der Waals surface area contributed by atoms with E-state index in [1.807, 2.05) is 12.1 Å². The van der Waals surface area contributed by atoms with E-state index in [-0.39, 0.29) is 43.2 Å². The molecule has 5 saturated carbocycles. The maximum absolute atomic E-state index is 15.2. The molecule has 10 rings (SSSR count). The van der Waals surface area contributed by atoms with Crippen molar-refractivity contribution in [1.29, 1.82) is 0 Å². The standard InChI is InChI=1S/C51H71N3O12/c1-27(56)39(44(58)52-33(26-55)17-19-38(57)63-47(2,3)4)53-46(60)50-24-36-40-41(65-51(64-40,31-13-14-31)32-15-16-32)43(50)66-54(42(50)45(59)61-36)25-29-10-8-28(9-11-29)22-30-12-18-37-49(7,62-37)21-20-35-34(30)23-48(35,5)6/h8-11,22,27,31-37,39-43,55-56H,12-21,23-26H2,1-7H3,(H,52,58)(H,53,60)/t27-,33-,34+,35+,36+,37?,39+,40-,41-,42-,43+,49+,50-/m0/s1. The van der Waals surface area contributed by atoms with Crippen molar-refractivity contribution in [1.82, 2.24) is 15.7 Å². The van der Waals surface area contributed by atoms with E-state index >= 15 is 4.79 Å². The van der Waals surface area contributed by atoms with Gasteiger partial charge in [-0.15, -0.1) is 0 Å². The second kappa shape index (κ2) is 16.6. The average Bonchev–Trinajstić information content (AvgIpc) is 4.20. The van der Waals surface area contributed by atoms with Gasteiger partial charge in [0.15, 0.2) is 11.8 Å². The topological polar surface area (TPSA) is 195 Å². The number of carbonyl (C=O) groups excluding carboxylic acids is 4. The molecule has 15 nitrogen and oxygen atoms in total. The largest absolute Gasteiger partial charge is 0.460 e. The van der Waals surface area contributed by atoms with E-state index in [1.165, 1.54) is 25.3 Å². The monoisotopic (exact) mass is 918 g/mol. The predicted octanol–water partition coefficient (Wildman–Crippen LogP) is 5.03. The molecule has 9 fully saturated rings. The number of esters is 2. The highest BCUT2D eigenvalue weighted by molar-refractivity contribution is 5.96. The smallest absolute Gasteiger partial charge is 0.327 e. The van der Waals surface area contributed by atoms with Gasteiger partial charge in [0.25, 0.3) is 0 Å². The van der Waals surface area contributed by atoms with Crippen LogP contribution < -0.4 is 10.6 Å². The Bertz CT molecular complexity index is 2100. The summed E-state index contributed by atoms with van der Waals surface area (Å²) in [5, 5.41) is 28.3. The van der Waals surface area contributed by atoms with E-state index in [0.717, 1.165) is 56.1 Å². The summed E-state index contributed by atoms with van der Waals surface area (Å²) < 4.78 is 31.7. The number of aliphatic hydroxyl groups excluding tert-OH is 2. The van der Waals surface area contributed by atoms with Crippen molar-refractivity contribution in [2.24, 2.45) is 34.5 Å². The molecule has 0 spiro atoms. The zero-order valence-electron chi connectivity index (χ0n) is 39.7. The van der Waals surface area contributed by atoms with Gasteiger partial charge in [0.2, 0.25) is 11.8 Å². The van der Waals surface area contributed by atoms with Crippen molar-refractivity contribution in [3.63, 3.8) is 0 Å². The van der Waals surface area contributed by atoms with E-state index in [0.29, 0.717) is 23.4 Å². The highest BCUT2D eigenvalue weighted by Crippen LogP contribution is 2.64. The molecule has 1 aromatic rings.